The Morgan fingerprint density at radius 2 is 1.79 bits per heavy atom. The van der Waals surface area contributed by atoms with Crippen molar-refractivity contribution in [1.82, 2.24) is 5.32 Å². The minimum atomic E-state index is -0.867. The number of carboxylic acid groups (broad SMARTS) is 1. The van der Waals surface area contributed by atoms with E-state index in [4.69, 9.17) is 5.11 Å². The SMILES string of the molecule is CC1CCCC(C)C1NCc1ccc(C(=O)O)cc1. The topological polar surface area (TPSA) is 49.3 Å². The summed E-state index contributed by atoms with van der Waals surface area (Å²) in [6.45, 7) is 5.46. The summed E-state index contributed by atoms with van der Waals surface area (Å²) in [5.41, 5.74) is 1.50. The van der Waals surface area contributed by atoms with Gasteiger partial charge in [-0.2, -0.15) is 0 Å². The van der Waals surface area contributed by atoms with E-state index in [-0.39, 0.29) is 0 Å². The zero-order chi connectivity index (χ0) is 13.8. The standard InChI is InChI=1S/C16H23NO2/c1-11-4-3-5-12(2)15(11)17-10-13-6-8-14(9-7-13)16(18)19/h6-9,11-12,15,17H,3-5,10H2,1-2H3,(H,18,19). The second-order valence-electron chi connectivity index (χ2n) is 5.79. The summed E-state index contributed by atoms with van der Waals surface area (Å²) in [6.07, 6.45) is 3.95. The van der Waals surface area contributed by atoms with Crippen LogP contribution in [0.2, 0.25) is 0 Å². The van der Waals surface area contributed by atoms with Gasteiger partial charge in [0, 0.05) is 12.6 Å². The van der Waals surface area contributed by atoms with Crippen molar-refractivity contribution in [3.63, 3.8) is 0 Å². The van der Waals surface area contributed by atoms with Crippen molar-refractivity contribution in [2.24, 2.45) is 11.8 Å². The quantitative estimate of drug-likeness (QED) is 0.874. The molecule has 0 radical (unpaired) electrons. The first-order valence-corrected chi connectivity index (χ1v) is 7.13. The van der Waals surface area contributed by atoms with Crippen LogP contribution in [0.25, 0.3) is 0 Å². The highest BCUT2D eigenvalue weighted by Gasteiger charge is 2.26. The number of rotatable bonds is 4. The Kier molecular flexibility index (Phi) is 4.59. The molecule has 0 saturated heterocycles. The number of hydrogen-bond donors (Lipinski definition) is 2. The Morgan fingerprint density at radius 3 is 2.32 bits per heavy atom. The van der Waals surface area contributed by atoms with Crippen LogP contribution in [0.15, 0.2) is 24.3 Å². The summed E-state index contributed by atoms with van der Waals surface area (Å²) in [4.78, 5) is 10.8. The fraction of sp³-hybridized carbons (Fsp3) is 0.562. The van der Waals surface area contributed by atoms with Gasteiger partial charge in [0.15, 0.2) is 0 Å². The highest BCUT2D eigenvalue weighted by atomic mass is 16.4. The molecule has 0 spiro atoms. The van der Waals surface area contributed by atoms with E-state index >= 15 is 0 Å². The van der Waals surface area contributed by atoms with Gasteiger partial charge in [-0.15, -0.1) is 0 Å². The van der Waals surface area contributed by atoms with Gasteiger partial charge >= 0.3 is 5.97 Å². The molecule has 1 saturated carbocycles. The predicted octanol–water partition coefficient (Wildman–Crippen LogP) is 3.30. The van der Waals surface area contributed by atoms with Gasteiger partial charge in [-0.25, -0.2) is 4.79 Å². The second-order valence-corrected chi connectivity index (χ2v) is 5.79. The molecular formula is C16H23NO2. The molecule has 0 amide bonds. The number of hydrogen-bond acceptors (Lipinski definition) is 2. The van der Waals surface area contributed by atoms with Crippen LogP contribution in [0.1, 0.15) is 49.0 Å². The average Bonchev–Trinajstić information content (AvgIpc) is 2.38. The second kappa shape index (κ2) is 6.20. The largest absolute Gasteiger partial charge is 0.478 e. The molecule has 1 aromatic rings. The Labute approximate surface area is 115 Å². The Bertz CT molecular complexity index is 417. The first-order chi connectivity index (χ1) is 9.08. The van der Waals surface area contributed by atoms with E-state index in [0.29, 0.717) is 11.6 Å². The Morgan fingerprint density at radius 1 is 1.21 bits per heavy atom. The van der Waals surface area contributed by atoms with E-state index in [9.17, 15) is 4.79 Å². The van der Waals surface area contributed by atoms with Crippen LogP contribution in [0, 0.1) is 11.8 Å². The first-order valence-electron chi connectivity index (χ1n) is 7.13. The van der Waals surface area contributed by atoms with E-state index in [1.165, 1.54) is 19.3 Å². The molecule has 3 nitrogen and oxygen atoms in total. The molecule has 1 aliphatic rings. The maximum atomic E-state index is 10.8. The molecule has 2 N–H and O–H groups in total. The lowest BCUT2D eigenvalue weighted by atomic mass is 9.78. The van der Waals surface area contributed by atoms with E-state index < -0.39 is 5.97 Å². The van der Waals surface area contributed by atoms with Crippen molar-refractivity contribution < 1.29 is 9.90 Å². The number of carbonyl (C=O) groups is 1. The van der Waals surface area contributed by atoms with Crippen molar-refractivity contribution in [1.29, 1.82) is 0 Å². The third-order valence-corrected chi connectivity index (χ3v) is 4.29. The molecule has 2 unspecified atom stereocenters. The summed E-state index contributed by atoms with van der Waals surface area (Å²) in [7, 11) is 0. The van der Waals surface area contributed by atoms with Crippen molar-refractivity contribution in [3.8, 4) is 0 Å². The lowest BCUT2D eigenvalue weighted by Gasteiger charge is -2.35. The van der Waals surface area contributed by atoms with E-state index in [1.54, 1.807) is 12.1 Å². The summed E-state index contributed by atoms with van der Waals surface area (Å²) in [5, 5.41) is 12.5. The van der Waals surface area contributed by atoms with Gasteiger partial charge in [0.25, 0.3) is 0 Å². The molecule has 2 atom stereocenters. The Hall–Kier alpha value is -1.35. The van der Waals surface area contributed by atoms with E-state index in [0.717, 1.165) is 23.9 Å². The summed E-state index contributed by atoms with van der Waals surface area (Å²) in [6, 6.07) is 7.72. The Balaban J connectivity index is 1.92. The number of benzene rings is 1. The highest BCUT2D eigenvalue weighted by Crippen LogP contribution is 2.28. The molecule has 1 aliphatic carbocycles. The lowest BCUT2D eigenvalue weighted by Crippen LogP contribution is -2.42. The minimum Gasteiger partial charge on any atom is -0.478 e. The van der Waals surface area contributed by atoms with Crippen LogP contribution in [-0.2, 0) is 6.54 Å². The fourth-order valence-corrected chi connectivity index (χ4v) is 3.09. The van der Waals surface area contributed by atoms with Crippen LogP contribution >= 0.6 is 0 Å². The van der Waals surface area contributed by atoms with Crippen LogP contribution < -0.4 is 5.32 Å². The number of carboxylic acids is 1. The minimum absolute atomic E-state index is 0.350. The van der Waals surface area contributed by atoms with Crippen molar-refractivity contribution in [2.45, 2.75) is 45.7 Å². The van der Waals surface area contributed by atoms with E-state index in [1.807, 2.05) is 12.1 Å². The van der Waals surface area contributed by atoms with Crippen LogP contribution in [-0.4, -0.2) is 17.1 Å². The third kappa shape index (κ3) is 3.57. The highest BCUT2D eigenvalue weighted by molar-refractivity contribution is 5.87. The molecule has 0 aromatic heterocycles. The van der Waals surface area contributed by atoms with Crippen molar-refractivity contribution >= 4 is 5.97 Å². The van der Waals surface area contributed by atoms with Crippen molar-refractivity contribution in [3.05, 3.63) is 35.4 Å². The molecule has 0 aliphatic heterocycles. The molecular weight excluding hydrogens is 238 g/mol. The molecule has 0 bridgehead atoms. The van der Waals surface area contributed by atoms with Crippen molar-refractivity contribution in [2.75, 3.05) is 0 Å². The lowest BCUT2D eigenvalue weighted by molar-refractivity contribution is 0.0697. The summed E-state index contributed by atoms with van der Waals surface area (Å²) in [5.74, 6) is 0.582. The monoisotopic (exact) mass is 261 g/mol. The zero-order valence-electron chi connectivity index (χ0n) is 11.7. The number of nitrogens with one attached hydrogen (secondary N) is 1. The van der Waals surface area contributed by atoms with Gasteiger partial charge in [0.05, 0.1) is 5.56 Å². The number of aromatic carboxylic acids is 1. The molecule has 1 aromatic carbocycles. The smallest absolute Gasteiger partial charge is 0.335 e. The molecule has 104 valence electrons. The first kappa shape index (κ1) is 14.1. The van der Waals surface area contributed by atoms with Gasteiger partial charge in [0.1, 0.15) is 0 Å². The van der Waals surface area contributed by atoms with Gasteiger partial charge in [-0.1, -0.05) is 32.4 Å². The normalized spacial score (nSPS) is 27.2. The molecule has 1 fully saturated rings. The van der Waals surface area contributed by atoms with Crippen LogP contribution in [0.5, 0.6) is 0 Å². The van der Waals surface area contributed by atoms with E-state index in [2.05, 4.69) is 19.2 Å². The van der Waals surface area contributed by atoms with Crippen LogP contribution in [0.3, 0.4) is 0 Å². The third-order valence-electron chi connectivity index (χ3n) is 4.29. The van der Waals surface area contributed by atoms with Crippen LogP contribution in [0.4, 0.5) is 0 Å². The predicted molar refractivity (Wildman–Crippen MR) is 76.2 cm³/mol. The molecule has 19 heavy (non-hydrogen) atoms. The maximum Gasteiger partial charge on any atom is 0.335 e. The zero-order valence-corrected chi connectivity index (χ0v) is 11.7. The molecule has 0 heterocycles. The summed E-state index contributed by atoms with van der Waals surface area (Å²) >= 11 is 0. The van der Waals surface area contributed by atoms with Gasteiger partial charge in [0.2, 0.25) is 0 Å². The molecule has 2 rings (SSSR count). The maximum absolute atomic E-state index is 10.8. The average molecular weight is 261 g/mol. The van der Waals surface area contributed by atoms with Gasteiger partial charge < -0.3 is 10.4 Å². The molecule has 3 heteroatoms. The van der Waals surface area contributed by atoms with Gasteiger partial charge in [-0.05, 0) is 42.4 Å². The summed E-state index contributed by atoms with van der Waals surface area (Å²) < 4.78 is 0. The van der Waals surface area contributed by atoms with Gasteiger partial charge in [-0.3, -0.25) is 0 Å². The fourth-order valence-electron chi connectivity index (χ4n) is 3.09.